The minimum Gasteiger partial charge on any atom is -0.297 e. The topological polar surface area (TPSA) is 54.9 Å². The maximum Gasteiger partial charge on any atom is 0.269 e. The second-order valence-corrected chi connectivity index (χ2v) is 7.88. The van der Waals surface area contributed by atoms with Gasteiger partial charge in [0.15, 0.2) is 5.13 Å². The lowest BCUT2D eigenvalue weighted by Gasteiger charge is -2.00. The highest BCUT2D eigenvalue weighted by atomic mass is 35.5. The number of carbonyl (C=O) groups excluding carboxylic acids is 1. The zero-order valence-corrected chi connectivity index (χ0v) is 15.2. The Labute approximate surface area is 147 Å². The zero-order chi connectivity index (χ0) is 16.6. The molecule has 0 spiro atoms. The Morgan fingerprint density at radius 2 is 1.78 bits per heavy atom. The lowest BCUT2D eigenvalue weighted by atomic mass is 10.1. The SMILES string of the molecule is Cc1nc(C)c(C(=O)Nc2nc(-c3ccc(Cl)cc3)c(C)s2)s1. The Morgan fingerprint density at radius 3 is 2.39 bits per heavy atom. The van der Waals surface area contributed by atoms with Crippen molar-refractivity contribution in [2.45, 2.75) is 20.8 Å². The lowest BCUT2D eigenvalue weighted by Crippen LogP contribution is -2.11. The van der Waals surface area contributed by atoms with Crippen molar-refractivity contribution in [2.24, 2.45) is 0 Å². The van der Waals surface area contributed by atoms with E-state index in [1.807, 2.05) is 45.0 Å². The van der Waals surface area contributed by atoms with Gasteiger partial charge in [-0.2, -0.15) is 0 Å². The van der Waals surface area contributed by atoms with Crippen LogP contribution in [-0.2, 0) is 0 Å². The van der Waals surface area contributed by atoms with Gasteiger partial charge < -0.3 is 0 Å². The molecule has 118 valence electrons. The highest BCUT2D eigenvalue weighted by Gasteiger charge is 2.17. The van der Waals surface area contributed by atoms with E-state index in [-0.39, 0.29) is 5.91 Å². The van der Waals surface area contributed by atoms with Crippen LogP contribution in [0.4, 0.5) is 5.13 Å². The third-order valence-electron chi connectivity index (χ3n) is 3.24. The number of nitrogens with one attached hydrogen (secondary N) is 1. The number of thiazole rings is 2. The van der Waals surface area contributed by atoms with Crippen molar-refractivity contribution in [3.63, 3.8) is 0 Å². The molecule has 2 heterocycles. The molecule has 23 heavy (non-hydrogen) atoms. The van der Waals surface area contributed by atoms with Crippen LogP contribution in [0.15, 0.2) is 24.3 Å². The predicted octanol–water partition coefficient (Wildman–Crippen LogP) is 5.10. The van der Waals surface area contributed by atoms with Crippen LogP contribution in [0.2, 0.25) is 5.02 Å². The van der Waals surface area contributed by atoms with E-state index < -0.39 is 0 Å². The molecule has 3 rings (SSSR count). The van der Waals surface area contributed by atoms with Crippen LogP contribution in [0.1, 0.15) is 25.3 Å². The van der Waals surface area contributed by atoms with Crippen molar-refractivity contribution in [3.05, 3.63) is 49.7 Å². The van der Waals surface area contributed by atoms with E-state index >= 15 is 0 Å². The fourth-order valence-electron chi connectivity index (χ4n) is 2.22. The Kier molecular flexibility index (Phi) is 4.48. The zero-order valence-electron chi connectivity index (χ0n) is 12.8. The average Bonchev–Trinajstić information content (AvgIpc) is 3.02. The van der Waals surface area contributed by atoms with Gasteiger partial charge in [0.1, 0.15) is 4.88 Å². The fraction of sp³-hybridized carbons (Fsp3) is 0.188. The third-order valence-corrected chi connectivity index (χ3v) is 5.45. The lowest BCUT2D eigenvalue weighted by molar-refractivity contribution is 0.103. The molecular weight excluding hydrogens is 350 g/mol. The van der Waals surface area contributed by atoms with Crippen LogP contribution in [0.25, 0.3) is 11.3 Å². The Morgan fingerprint density at radius 1 is 1.09 bits per heavy atom. The first-order chi connectivity index (χ1) is 10.9. The first-order valence-electron chi connectivity index (χ1n) is 6.93. The van der Waals surface area contributed by atoms with E-state index in [0.717, 1.165) is 26.8 Å². The number of aryl methyl sites for hydroxylation is 3. The van der Waals surface area contributed by atoms with Crippen molar-refractivity contribution in [1.82, 2.24) is 9.97 Å². The van der Waals surface area contributed by atoms with Crippen LogP contribution in [0.5, 0.6) is 0 Å². The molecule has 0 aliphatic rings. The van der Waals surface area contributed by atoms with Gasteiger partial charge in [0.25, 0.3) is 5.91 Å². The molecule has 0 aliphatic carbocycles. The van der Waals surface area contributed by atoms with E-state index in [0.29, 0.717) is 15.0 Å². The van der Waals surface area contributed by atoms with Crippen LogP contribution in [0.3, 0.4) is 0 Å². The predicted molar refractivity (Wildman–Crippen MR) is 96.8 cm³/mol. The van der Waals surface area contributed by atoms with Gasteiger partial charge in [0, 0.05) is 15.5 Å². The normalized spacial score (nSPS) is 10.8. The average molecular weight is 364 g/mol. The second kappa shape index (κ2) is 6.39. The minimum atomic E-state index is -0.162. The molecule has 7 heteroatoms. The fourth-order valence-corrected chi connectivity index (χ4v) is 3.99. The molecule has 1 aromatic carbocycles. The largest absolute Gasteiger partial charge is 0.297 e. The summed E-state index contributed by atoms with van der Waals surface area (Å²) < 4.78 is 0. The van der Waals surface area contributed by atoms with Gasteiger partial charge in [-0.05, 0) is 32.9 Å². The van der Waals surface area contributed by atoms with Crippen molar-refractivity contribution >= 4 is 45.3 Å². The molecule has 0 fully saturated rings. The van der Waals surface area contributed by atoms with Crippen LogP contribution < -0.4 is 5.32 Å². The molecule has 3 aromatic rings. The molecular formula is C16H14ClN3OS2. The molecule has 1 amide bonds. The van der Waals surface area contributed by atoms with Crippen LogP contribution in [0, 0.1) is 20.8 Å². The summed E-state index contributed by atoms with van der Waals surface area (Å²) in [6.07, 6.45) is 0. The van der Waals surface area contributed by atoms with Crippen molar-refractivity contribution in [2.75, 3.05) is 5.32 Å². The number of amides is 1. The maximum absolute atomic E-state index is 12.4. The second-order valence-electron chi connectivity index (χ2n) is 5.03. The summed E-state index contributed by atoms with van der Waals surface area (Å²) in [5.74, 6) is -0.162. The van der Waals surface area contributed by atoms with Crippen molar-refractivity contribution in [1.29, 1.82) is 0 Å². The van der Waals surface area contributed by atoms with E-state index in [1.54, 1.807) is 0 Å². The van der Waals surface area contributed by atoms with Gasteiger partial charge in [-0.25, -0.2) is 9.97 Å². The smallest absolute Gasteiger partial charge is 0.269 e. The molecule has 1 N–H and O–H groups in total. The van der Waals surface area contributed by atoms with Gasteiger partial charge in [-0.3, -0.25) is 10.1 Å². The summed E-state index contributed by atoms with van der Waals surface area (Å²) in [6, 6.07) is 7.51. The Hall–Kier alpha value is -1.76. The molecule has 0 radical (unpaired) electrons. The standard InChI is InChI=1S/C16H14ClN3OS2/c1-8-14(23-10(3)18-8)15(21)20-16-19-13(9(2)22-16)11-4-6-12(17)7-5-11/h4-7H,1-3H3,(H,19,20,21). The van der Waals surface area contributed by atoms with E-state index in [2.05, 4.69) is 15.3 Å². The first kappa shape index (κ1) is 16.1. The number of rotatable bonds is 3. The number of halogens is 1. The highest BCUT2D eigenvalue weighted by molar-refractivity contribution is 7.16. The first-order valence-corrected chi connectivity index (χ1v) is 8.94. The van der Waals surface area contributed by atoms with E-state index in [9.17, 15) is 4.79 Å². The number of carbonyl (C=O) groups is 1. The number of anilines is 1. The quantitative estimate of drug-likeness (QED) is 0.704. The number of nitrogens with zero attached hydrogens (tertiary/aromatic N) is 2. The summed E-state index contributed by atoms with van der Waals surface area (Å²) >= 11 is 8.76. The number of aromatic nitrogens is 2. The van der Waals surface area contributed by atoms with Gasteiger partial charge >= 0.3 is 0 Å². The monoisotopic (exact) mass is 363 g/mol. The number of hydrogen-bond acceptors (Lipinski definition) is 5. The molecule has 0 saturated carbocycles. The van der Waals surface area contributed by atoms with Crippen LogP contribution in [-0.4, -0.2) is 15.9 Å². The van der Waals surface area contributed by atoms with E-state index in [1.165, 1.54) is 22.7 Å². The van der Waals surface area contributed by atoms with Gasteiger partial charge in [-0.15, -0.1) is 22.7 Å². The molecule has 0 unspecified atom stereocenters. The summed E-state index contributed by atoms with van der Waals surface area (Å²) in [4.78, 5) is 22.8. The minimum absolute atomic E-state index is 0.162. The van der Waals surface area contributed by atoms with Crippen LogP contribution >= 0.6 is 34.3 Å². The van der Waals surface area contributed by atoms with Crippen molar-refractivity contribution in [3.8, 4) is 11.3 Å². The maximum atomic E-state index is 12.4. The summed E-state index contributed by atoms with van der Waals surface area (Å²) in [7, 11) is 0. The molecule has 0 bridgehead atoms. The third kappa shape index (κ3) is 3.44. The molecule has 4 nitrogen and oxygen atoms in total. The van der Waals surface area contributed by atoms with Gasteiger partial charge in [0.05, 0.1) is 16.4 Å². The van der Waals surface area contributed by atoms with E-state index in [4.69, 9.17) is 11.6 Å². The number of hydrogen-bond donors (Lipinski definition) is 1. The Balaban J connectivity index is 1.85. The summed E-state index contributed by atoms with van der Waals surface area (Å²) in [5.41, 5.74) is 2.59. The van der Waals surface area contributed by atoms with Gasteiger partial charge in [0.2, 0.25) is 0 Å². The highest BCUT2D eigenvalue weighted by Crippen LogP contribution is 2.31. The molecule has 0 aliphatic heterocycles. The molecule has 0 atom stereocenters. The number of benzene rings is 1. The Bertz CT molecular complexity index is 868. The van der Waals surface area contributed by atoms with Crippen molar-refractivity contribution < 1.29 is 4.79 Å². The summed E-state index contributed by atoms with van der Waals surface area (Å²) in [5, 5.41) is 5.02. The molecule has 2 aromatic heterocycles. The molecule has 0 saturated heterocycles. The van der Waals surface area contributed by atoms with Gasteiger partial charge in [-0.1, -0.05) is 23.7 Å². The summed E-state index contributed by atoms with van der Waals surface area (Å²) in [6.45, 7) is 5.71.